The van der Waals surface area contributed by atoms with Crippen LogP contribution in [0.2, 0.25) is 0 Å². The van der Waals surface area contributed by atoms with Crippen LogP contribution >= 0.6 is 0 Å². The van der Waals surface area contributed by atoms with Gasteiger partial charge in [-0.25, -0.2) is 0 Å². The number of hydrogen-bond donors (Lipinski definition) is 2. The summed E-state index contributed by atoms with van der Waals surface area (Å²) in [5, 5.41) is 10.7. The Morgan fingerprint density at radius 1 is 1.11 bits per heavy atom. The van der Waals surface area contributed by atoms with Crippen molar-refractivity contribution in [1.29, 1.82) is 0 Å². The second-order valence-corrected chi connectivity index (χ2v) is 5.16. The molecule has 0 fully saturated rings. The van der Waals surface area contributed by atoms with Crippen LogP contribution in [-0.2, 0) is 9.59 Å². The zero-order valence-corrected chi connectivity index (χ0v) is 14.4. The minimum atomic E-state index is -0.604. The summed E-state index contributed by atoms with van der Waals surface area (Å²) in [5.41, 5.74) is 4.77. The number of carbonyl (C=O) groups excluding carboxylic acids is 2. The number of benzene rings is 2. The van der Waals surface area contributed by atoms with Gasteiger partial charge in [0.25, 0.3) is 17.5 Å². The minimum Gasteiger partial charge on any atom is -0.493 e. The normalized spacial score (nSPS) is 10.3. The molecule has 0 aliphatic carbocycles. The van der Waals surface area contributed by atoms with Gasteiger partial charge in [-0.15, -0.1) is 0 Å². The number of nitro benzene ring substituents is 1. The van der Waals surface area contributed by atoms with Gasteiger partial charge in [-0.05, 0) is 23.8 Å². The van der Waals surface area contributed by atoms with E-state index in [4.69, 9.17) is 9.47 Å². The fraction of sp³-hybridized carbons (Fsp3) is 0.111. The molecule has 0 unspecified atom stereocenters. The summed E-state index contributed by atoms with van der Waals surface area (Å²) >= 11 is 0. The molecule has 2 aromatic rings. The SMILES string of the molecule is COc1ccccc1OCC(=O)NNC(=O)/C=C/c1cccc([N+](=O)[O-])c1. The van der Waals surface area contributed by atoms with E-state index in [9.17, 15) is 19.7 Å². The number of rotatable bonds is 7. The van der Waals surface area contributed by atoms with E-state index < -0.39 is 16.7 Å². The van der Waals surface area contributed by atoms with E-state index in [1.807, 2.05) is 0 Å². The highest BCUT2D eigenvalue weighted by Gasteiger charge is 2.08. The molecule has 0 bridgehead atoms. The van der Waals surface area contributed by atoms with Crippen molar-refractivity contribution in [2.75, 3.05) is 13.7 Å². The van der Waals surface area contributed by atoms with Gasteiger partial charge in [0.05, 0.1) is 12.0 Å². The average Bonchev–Trinajstić information content (AvgIpc) is 2.69. The molecular weight excluding hydrogens is 354 g/mol. The fourth-order valence-electron chi connectivity index (χ4n) is 2.00. The summed E-state index contributed by atoms with van der Waals surface area (Å²) in [6, 6.07) is 12.6. The summed E-state index contributed by atoms with van der Waals surface area (Å²) in [7, 11) is 1.48. The molecule has 0 aromatic heterocycles. The topological polar surface area (TPSA) is 120 Å². The molecule has 0 saturated carbocycles. The maximum absolute atomic E-state index is 11.7. The maximum Gasteiger partial charge on any atom is 0.276 e. The van der Waals surface area contributed by atoms with Crippen molar-refractivity contribution in [2.45, 2.75) is 0 Å². The van der Waals surface area contributed by atoms with E-state index in [0.29, 0.717) is 17.1 Å². The molecule has 2 rings (SSSR count). The number of amides is 2. The van der Waals surface area contributed by atoms with Crippen molar-refractivity contribution in [3.05, 3.63) is 70.3 Å². The number of carbonyl (C=O) groups is 2. The number of ether oxygens (including phenoxy) is 2. The van der Waals surface area contributed by atoms with Crippen LogP contribution in [0.3, 0.4) is 0 Å². The Balaban J connectivity index is 1.80. The van der Waals surface area contributed by atoms with Crippen LogP contribution in [0, 0.1) is 10.1 Å². The number of nitrogens with one attached hydrogen (secondary N) is 2. The third kappa shape index (κ3) is 6.16. The highest BCUT2D eigenvalue weighted by Crippen LogP contribution is 2.25. The summed E-state index contributed by atoms with van der Waals surface area (Å²) in [4.78, 5) is 33.6. The highest BCUT2D eigenvalue weighted by molar-refractivity contribution is 5.93. The first-order valence-corrected chi connectivity index (χ1v) is 7.77. The molecule has 27 heavy (non-hydrogen) atoms. The van der Waals surface area contributed by atoms with Gasteiger partial charge in [0.2, 0.25) is 0 Å². The van der Waals surface area contributed by atoms with Gasteiger partial charge in [-0.3, -0.25) is 30.6 Å². The van der Waals surface area contributed by atoms with Gasteiger partial charge >= 0.3 is 0 Å². The lowest BCUT2D eigenvalue weighted by Gasteiger charge is -2.10. The number of hydrazine groups is 1. The lowest BCUT2D eigenvalue weighted by atomic mass is 10.2. The molecule has 0 spiro atoms. The first-order valence-electron chi connectivity index (χ1n) is 7.77. The van der Waals surface area contributed by atoms with Crippen molar-refractivity contribution in [3.63, 3.8) is 0 Å². The van der Waals surface area contributed by atoms with Crippen LogP contribution in [0.25, 0.3) is 6.08 Å². The van der Waals surface area contributed by atoms with Gasteiger partial charge in [0.1, 0.15) is 0 Å². The molecule has 0 atom stereocenters. The number of nitro groups is 1. The zero-order chi connectivity index (χ0) is 19.6. The minimum absolute atomic E-state index is 0.0839. The molecule has 2 N–H and O–H groups in total. The summed E-state index contributed by atoms with van der Waals surface area (Å²) < 4.78 is 10.4. The van der Waals surface area contributed by atoms with Gasteiger partial charge in [-0.1, -0.05) is 24.3 Å². The second-order valence-electron chi connectivity index (χ2n) is 5.16. The first kappa shape index (κ1) is 19.4. The molecule has 9 heteroatoms. The fourth-order valence-corrected chi connectivity index (χ4v) is 2.00. The van der Waals surface area contributed by atoms with Crippen LogP contribution in [0.4, 0.5) is 5.69 Å². The predicted octanol–water partition coefficient (Wildman–Crippen LogP) is 1.84. The van der Waals surface area contributed by atoms with Gasteiger partial charge in [0, 0.05) is 18.2 Å². The predicted molar refractivity (Wildman–Crippen MR) is 96.9 cm³/mol. The standard InChI is InChI=1S/C18H17N3O6/c1-26-15-7-2-3-8-16(15)27-12-18(23)20-19-17(22)10-9-13-5-4-6-14(11-13)21(24)25/h2-11H,12H2,1H3,(H,19,22)(H,20,23)/b10-9+. The molecule has 2 aromatic carbocycles. The molecule has 140 valence electrons. The molecular formula is C18H17N3O6. The quantitative estimate of drug-likeness (QED) is 0.435. The Morgan fingerprint density at radius 3 is 2.56 bits per heavy atom. The van der Waals surface area contributed by atoms with Crippen molar-refractivity contribution in [2.24, 2.45) is 0 Å². The van der Waals surface area contributed by atoms with Crippen LogP contribution in [-0.4, -0.2) is 30.5 Å². The number of hydrogen-bond acceptors (Lipinski definition) is 6. The molecule has 0 aliphatic heterocycles. The summed E-state index contributed by atoms with van der Waals surface area (Å²) in [5.74, 6) is -0.300. The van der Waals surface area contributed by atoms with Crippen LogP contribution in [0.15, 0.2) is 54.6 Å². The van der Waals surface area contributed by atoms with Crippen molar-refractivity contribution in [1.82, 2.24) is 10.9 Å². The Kier molecular flexibility index (Phi) is 6.89. The Morgan fingerprint density at radius 2 is 1.85 bits per heavy atom. The van der Waals surface area contributed by atoms with E-state index in [1.165, 1.54) is 31.4 Å². The van der Waals surface area contributed by atoms with Crippen molar-refractivity contribution >= 4 is 23.6 Å². The Bertz CT molecular complexity index is 866. The largest absolute Gasteiger partial charge is 0.493 e. The van der Waals surface area contributed by atoms with Crippen LogP contribution in [0.1, 0.15) is 5.56 Å². The number of nitrogens with zero attached hydrogens (tertiary/aromatic N) is 1. The smallest absolute Gasteiger partial charge is 0.276 e. The van der Waals surface area contributed by atoms with E-state index in [2.05, 4.69) is 10.9 Å². The van der Waals surface area contributed by atoms with Crippen molar-refractivity contribution < 1.29 is 24.0 Å². The lowest BCUT2D eigenvalue weighted by molar-refractivity contribution is -0.384. The van der Waals surface area contributed by atoms with E-state index in [0.717, 1.165) is 6.08 Å². The highest BCUT2D eigenvalue weighted by atomic mass is 16.6. The van der Waals surface area contributed by atoms with Gasteiger partial charge in [0.15, 0.2) is 18.1 Å². The number of non-ortho nitro benzene ring substituents is 1. The van der Waals surface area contributed by atoms with Gasteiger partial charge < -0.3 is 9.47 Å². The van der Waals surface area contributed by atoms with E-state index in [1.54, 1.807) is 30.3 Å². The Labute approximate surface area is 154 Å². The third-order valence-electron chi connectivity index (χ3n) is 3.26. The monoisotopic (exact) mass is 371 g/mol. The second kappa shape index (κ2) is 9.56. The van der Waals surface area contributed by atoms with Crippen molar-refractivity contribution in [3.8, 4) is 11.5 Å². The van der Waals surface area contributed by atoms with Crippen LogP contribution in [0.5, 0.6) is 11.5 Å². The van der Waals surface area contributed by atoms with E-state index in [-0.39, 0.29) is 12.3 Å². The summed E-state index contributed by atoms with van der Waals surface area (Å²) in [6.45, 7) is -0.324. The summed E-state index contributed by atoms with van der Waals surface area (Å²) in [6.07, 6.45) is 2.53. The van der Waals surface area contributed by atoms with Crippen LogP contribution < -0.4 is 20.3 Å². The number of para-hydroxylation sites is 2. The molecule has 0 heterocycles. The first-order chi connectivity index (χ1) is 13.0. The molecule has 9 nitrogen and oxygen atoms in total. The zero-order valence-electron chi connectivity index (χ0n) is 14.4. The third-order valence-corrected chi connectivity index (χ3v) is 3.26. The Hall–Kier alpha value is -3.88. The molecule has 2 amide bonds. The maximum atomic E-state index is 11.7. The van der Waals surface area contributed by atoms with E-state index >= 15 is 0 Å². The molecule has 0 saturated heterocycles. The molecule has 0 aliphatic rings. The average molecular weight is 371 g/mol. The number of methoxy groups -OCH3 is 1. The van der Waals surface area contributed by atoms with Gasteiger partial charge in [-0.2, -0.15) is 0 Å². The lowest BCUT2D eigenvalue weighted by Crippen LogP contribution is -2.43. The molecule has 0 radical (unpaired) electrons.